The van der Waals surface area contributed by atoms with Crippen LogP contribution in [0.15, 0.2) is 0 Å². The maximum absolute atomic E-state index is 12.1. The van der Waals surface area contributed by atoms with Crippen molar-refractivity contribution in [2.75, 3.05) is 39.8 Å². The van der Waals surface area contributed by atoms with E-state index in [-0.39, 0.29) is 11.3 Å². The first-order valence-corrected chi connectivity index (χ1v) is 6.32. The fourth-order valence-corrected chi connectivity index (χ4v) is 2.11. The third-order valence-corrected chi connectivity index (χ3v) is 3.72. The second-order valence-corrected chi connectivity index (χ2v) is 4.71. The van der Waals surface area contributed by atoms with Gasteiger partial charge in [0, 0.05) is 19.6 Å². The standard InChI is InChI=1S/C12H25N3O/c1-4-12(6-7-13-10-12)11(16)14-8-9-15(3)5-2/h13H,4-10H2,1-3H3,(H,14,16). The third kappa shape index (κ3) is 3.19. The van der Waals surface area contributed by atoms with Crippen molar-refractivity contribution in [2.24, 2.45) is 5.41 Å². The Hall–Kier alpha value is -0.610. The van der Waals surface area contributed by atoms with E-state index in [1.807, 2.05) is 0 Å². The molecule has 1 unspecified atom stereocenters. The number of hydrogen-bond donors (Lipinski definition) is 2. The summed E-state index contributed by atoms with van der Waals surface area (Å²) >= 11 is 0. The lowest BCUT2D eigenvalue weighted by Crippen LogP contribution is -2.44. The molecule has 1 aliphatic heterocycles. The molecule has 1 aliphatic rings. The summed E-state index contributed by atoms with van der Waals surface area (Å²) in [6.07, 6.45) is 1.90. The normalized spacial score (nSPS) is 25.0. The van der Waals surface area contributed by atoms with Gasteiger partial charge in [-0.1, -0.05) is 13.8 Å². The van der Waals surface area contributed by atoms with Gasteiger partial charge in [-0.25, -0.2) is 0 Å². The minimum atomic E-state index is -0.148. The van der Waals surface area contributed by atoms with Gasteiger partial charge in [0.05, 0.1) is 5.41 Å². The lowest BCUT2D eigenvalue weighted by molar-refractivity contribution is -0.130. The number of carbonyl (C=O) groups is 1. The Bertz CT molecular complexity index is 224. The fourth-order valence-electron chi connectivity index (χ4n) is 2.11. The van der Waals surface area contributed by atoms with Gasteiger partial charge in [0.1, 0.15) is 0 Å². The molecular formula is C12H25N3O. The average Bonchev–Trinajstić information content (AvgIpc) is 2.78. The summed E-state index contributed by atoms with van der Waals surface area (Å²) in [6.45, 7) is 8.73. The van der Waals surface area contributed by atoms with Crippen LogP contribution in [0.3, 0.4) is 0 Å². The van der Waals surface area contributed by atoms with Gasteiger partial charge in [0.15, 0.2) is 0 Å². The van der Waals surface area contributed by atoms with E-state index in [0.717, 1.165) is 45.6 Å². The molecule has 0 saturated carbocycles. The summed E-state index contributed by atoms with van der Waals surface area (Å²) < 4.78 is 0. The van der Waals surface area contributed by atoms with Crippen LogP contribution in [0, 0.1) is 5.41 Å². The minimum Gasteiger partial charge on any atom is -0.354 e. The minimum absolute atomic E-state index is 0.148. The van der Waals surface area contributed by atoms with Crippen molar-refractivity contribution in [2.45, 2.75) is 26.7 Å². The van der Waals surface area contributed by atoms with Crippen LogP contribution < -0.4 is 10.6 Å². The number of nitrogens with zero attached hydrogens (tertiary/aromatic N) is 1. The molecule has 1 amide bonds. The van der Waals surface area contributed by atoms with Crippen molar-refractivity contribution in [3.05, 3.63) is 0 Å². The molecule has 0 aliphatic carbocycles. The highest BCUT2D eigenvalue weighted by Gasteiger charge is 2.38. The molecule has 0 aromatic heterocycles. The van der Waals surface area contributed by atoms with E-state index in [4.69, 9.17) is 0 Å². The monoisotopic (exact) mass is 227 g/mol. The number of amides is 1. The van der Waals surface area contributed by atoms with Crippen LogP contribution >= 0.6 is 0 Å². The summed E-state index contributed by atoms with van der Waals surface area (Å²) in [5, 5.41) is 6.35. The predicted octanol–water partition coefficient (Wildman–Crippen LogP) is 0.444. The molecular weight excluding hydrogens is 202 g/mol. The van der Waals surface area contributed by atoms with Gasteiger partial charge in [-0.05, 0) is 33.0 Å². The molecule has 0 bridgehead atoms. The maximum atomic E-state index is 12.1. The van der Waals surface area contributed by atoms with Crippen molar-refractivity contribution >= 4 is 5.91 Å². The van der Waals surface area contributed by atoms with Crippen LogP contribution in [0.25, 0.3) is 0 Å². The van der Waals surface area contributed by atoms with Gasteiger partial charge in [-0.3, -0.25) is 4.79 Å². The summed E-state index contributed by atoms with van der Waals surface area (Å²) in [5.41, 5.74) is -0.148. The molecule has 4 nitrogen and oxygen atoms in total. The van der Waals surface area contributed by atoms with Crippen molar-refractivity contribution in [1.82, 2.24) is 15.5 Å². The first-order chi connectivity index (χ1) is 7.64. The van der Waals surface area contributed by atoms with E-state index in [0.29, 0.717) is 0 Å². The fraction of sp³-hybridized carbons (Fsp3) is 0.917. The molecule has 1 heterocycles. The number of hydrogen-bond acceptors (Lipinski definition) is 3. The molecule has 0 spiro atoms. The van der Waals surface area contributed by atoms with Crippen LogP contribution in [-0.4, -0.2) is 50.6 Å². The zero-order chi connectivity index (χ0) is 12.0. The summed E-state index contributed by atoms with van der Waals surface area (Å²) in [6, 6.07) is 0. The van der Waals surface area contributed by atoms with E-state index < -0.39 is 0 Å². The Morgan fingerprint density at radius 2 is 2.25 bits per heavy atom. The summed E-state index contributed by atoms with van der Waals surface area (Å²) in [5.74, 6) is 0.226. The first-order valence-electron chi connectivity index (χ1n) is 6.32. The average molecular weight is 227 g/mol. The highest BCUT2D eigenvalue weighted by atomic mass is 16.2. The molecule has 1 saturated heterocycles. The molecule has 1 rings (SSSR count). The Labute approximate surface area is 98.8 Å². The van der Waals surface area contributed by atoms with Crippen LogP contribution in [-0.2, 0) is 4.79 Å². The van der Waals surface area contributed by atoms with Crippen LogP contribution in [0.5, 0.6) is 0 Å². The molecule has 1 fully saturated rings. The van der Waals surface area contributed by atoms with Gasteiger partial charge in [-0.2, -0.15) is 0 Å². The molecule has 4 heteroatoms. The van der Waals surface area contributed by atoms with Crippen molar-refractivity contribution in [3.8, 4) is 0 Å². The predicted molar refractivity (Wildman–Crippen MR) is 66.4 cm³/mol. The SMILES string of the molecule is CCN(C)CCNC(=O)C1(CC)CCNC1. The molecule has 0 aromatic carbocycles. The lowest BCUT2D eigenvalue weighted by Gasteiger charge is -2.25. The molecule has 94 valence electrons. The van der Waals surface area contributed by atoms with Gasteiger partial charge < -0.3 is 15.5 Å². The zero-order valence-corrected chi connectivity index (χ0v) is 10.8. The van der Waals surface area contributed by atoms with Gasteiger partial charge >= 0.3 is 0 Å². The van der Waals surface area contributed by atoms with Crippen molar-refractivity contribution < 1.29 is 4.79 Å². The lowest BCUT2D eigenvalue weighted by atomic mass is 9.83. The van der Waals surface area contributed by atoms with E-state index in [1.165, 1.54) is 0 Å². The van der Waals surface area contributed by atoms with E-state index in [9.17, 15) is 4.79 Å². The second kappa shape index (κ2) is 6.21. The Morgan fingerprint density at radius 1 is 1.50 bits per heavy atom. The molecule has 2 N–H and O–H groups in total. The quantitative estimate of drug-likeness (QED) is 0.692. The van der Waals surface area contributed by atoms with E-state index in [1.54, 1.807) is 0 Å². The molecule has 16 heavy (non-hydrogen) atoms. The largest absolute Gasteiger partial charge is 0.354 e. The van der Waals surface area contributed by atoms with E-state index >= 15 is 0 Å². The highest BCUT2D eigenvalue weighted by Crippen LogP contribution is 2.29. The van der Waals surface area contributed by atoms with Gasteiger partial charge in [0.2, 0.25) is 5.91 Å². The topological polar surface area (TPSA) is 44.4 Å². The number of likely N-dealkylation sites (N-methyl/N-ethyl adjacent to an activating group) is 1. The highest BCUT2D eigenvalue weighted by molar-refractivity contribution is 5.83. The van der Waals surface area contributed by atoms with Gasteiger partial charge in [0.25, 0.3) is 0 Å². The Morgan fingerprint density at radius 3 is 2.75 bits per heavy atom. The number of nitrogens with one attached hydrogen (secondary N) is 2. The number of carbonyl (C=O) groups excluding carboxylic acids is 1. The third-order valence-electron chi connectivity index (χ3n) is 3.72. The second-order valence-electron chi connectivity index (χ2n) is 4.71. The smallest absolute Gasteiger partial charge is 0.227 e. The zero-order valence-electron chi connectivity index (χ0n) is 10.8. The van der Waals surface area contributed by atoms with Crippen LogP contribution in [0.1, 0.15) is 26.7 Å². The maximum Gasteiger partial charge on any atom is 0.227 e. The Balaban J connectivity index is 2.33. The summed E-state index contributed by atoms with van der Waals surface area (Å²) in [7, 11) is 2.07. The summed E-state index contributed by atoms with van der Waals surface area (Å²) in [4.78, 5) is 14.3. The molecule has 0 radical (unpaired) electrons. The molecule has 1 atom stereocenters. The Kier molecular flexibility index (Phi) is 5.22. The number of rotatable bonds is 6. The van der Waals surface area contributed by atoms with Crippen LogP contribution in [0.2, 0.25) is 0 Å². The molecule has 0 aromatic rings. The first kappa shape index (κ1) is 13.5. The van der Waals surface area contributed by atoms with Crippen LogP contribution in [0.4, 0.5) is 0 Å². The van der Waals surface area contributed by atoms with Gasteiger partial charge in [-0.15, -0.1) is 0 Å². The van der Waals surface area contributed by atoms with Crippen molar-refractivity contribution in [1.29, 1.82) is 0 Å². The van der Waals surface area contributed by atoms with Crippen molar-refractivity contribution in [3.63, 3.8) is 0 Å². The van der Waals surface area contributed by atoms with E-state index in [2.05, 4.69) is 36.4 Å².